The fraction of sp³-hybridized carbons (Fsp3) is 0.269. The van der Waals surface area contributed by atoms with E-state index in [0.29, 0.717) is 18.7 Å². The van der Waals surface area contributed by atoms with Crippen LogP contribution in [-0.2, 0) is 10.3 Å². The van der Waals surface area contributed by atoms with Gasteiger partial charge in [-0.1, -0.05) is 0 Å². The average molecular weight is 445 g/mol. The molecule has 0 amide bonds. The van der Waals surface area contributed by atoms with Crippen molar-refractivity contribution in [1.82, 2.24) is 4.90 Å². The van der Waals surface area contributed by atoms with Gasteiger partial charge in [-0.15, -0.1) is 0 Å². The number of carbonyl (C=O) groups is 1. The Hall–Kier alpha value is -2.15. The Morgan fingerprint density at radius 2 is 1.55 bits per heavy atom. The first-order chi connectivity index (χ1) is 14.1. The van der Waals surface area contributed by atoms with Crippen LogP contribution in [0.4, 0.5) is 0 Å². The summed E-state index contributed by atoms with van der Waals surface area (Å²) in [4.78, 5) is 17.2. The topological polar surface area (TPSA) is 20.3 Å². The summed E-state index contributed by atoms with van der Waals surface area (Å²) in [6, 6.07) is 21.4. The van der Waals surface area contributed by atoms with Crippen LogP contribution in [0, 0.1) is 0 Å². The number of nitrogens with zero attached hydrogens (tertiary/aromatic N) is 1. The molecule has 1 aliphatic heterocycles. The van der Waals surface area contributed by atoms with Crippen LogP contribution in [0.1, 0.15) is 24.0 Å². The number of allylic oxidation sites excluding steroid dienone is 3. The molecule has 1 saturated heterocycles. The second-order valence-corrected chi connectivity index (χ2v) is 12.6. The minimum atomic E-state index is -0.817. The molecule has 2 nitrogen and oxygen atoms in total. The monoisotopic (exact) mass is 445 g/mol. The summed E-state index contributed by atoms with van der Waals surface area (Å²) < 4.78 is 0. The van der Waals surface area contributed by atoms with Crippen molar-refractivity contribution in [3.8, 4) is 0 Å². The molecule has 0 radical (unpaired) electrons. The van der Waals surface area contributed by atoms with E-state index in [1.54, 1.807) is 0 Å². The van der Waals surface area contributed by atoms with Gasteiger partial charge in [0.05, 0.1) is 0 Å². The Balaban J connectivity index is 1.91. The molecular formula is C26H28AsNO. The van der Waals surface area contributed by atoms with Crippen LogP contribution in [0.15, 0.2) is 94.9 Å². The van der Waals surface area contributed by atoms with E-state index in [1.165, 1.54) is 22.3 Å². The molecule has 1 heterocycles. The molecule has 148 valence electrons. The van der Waals surface area contributed by atoms with Gasteiger partial charge in [-0.05, 0) is 0 Å². The molecular weight excluding hydrogens is 417 g/mol. The SMILES string of the molecule is C[As](C)C=C1C=CC(C(c2ccccc2)(c2ccccc2)N2CCC(=O)C2)=CC1. The van der Waals surface area contributed by atoms with Crippen LogP contribution in [0.2, 0.25) is 11.4 Å². The second-order valence-electron chi connectivity index (χ2n) is 8.02. The molecule has 3 heteroatoms. The first kappa shape index (κ1) is 20.1. The quantitative estimate of drug-likeness (QED) is 0.582. The van der Waals surface area contributed by atoms with Gasteiger partial charge in [0.1, 0.15) is 0 Å². The van der Waals surface area contributed by atoms with Gasteiger partial charge in [0.25, 0.3) is 0 Å². The number of rotatable bonds is 5. The summed E-state index contributed by atoms with van der Waals surface area (Å²) in [7, 11) is 0. The molecule has 0 unspecified atom stereocenters. The third-order valence-electron chi connectivity index (χ3n) is 5.76. The molecule has 0 spiro atoms. The van der Waals surface area contributed by atoms with Crippen molar-refractivity contribution in [2.45, 2.75) is 29.8 Å². The van der Waals surface area contributed by atoms with Crippen LogP contribution in [-0.4, -0.2) is 38.4 Å². The molecule has 4 rings (SSSR count). The minimum absolute atomic E-state index is 0.327. The summed E-state index contributed by atoms with van der Waals surface area (Å²) >= 11 is -0.817. The van der Waals surface area contributed by atoms with Crippen molar-refractivity contribution in [3.63, 3.8) is 0 Å². The fourth-order valence-corrected chi connectivity index (χ4v) is 6.37. The Morgan fingerprint density at radius 1 is 0.931 bits per heavy atom. The van der Waals surface area contributed by atoms with Crippen molar-refractivity contribution in [3.05, 3.63) is 106 Å². The molecule has 0 atom stereocenters. The summed E-state index contributed by atoms with van der Waals surface area (Å²) in [5.74, 6) is 0.327. The van der Waals surface area contributed by atoms with E-state index in [4.69, 9.17) is 0 Å². The van der Waals surface area contributed by atoms with E-state index < -0.39 is 20.2 Å². The third-order valence-corrected chi connectivity index (χ3v) is 7.54. The first-order valence-corrected chi connectivity index (χ1v) is 15.1. The second kappa shape index (κ2) is 8.69. The van der Waals surface area contributed by atoms with Crippen molar-refractivity contribution in [2.75, 3.05) is 13.1 Å². The third kappa shape index (κ3) is 3.97. The Labute approximate surface area is 178 Å². The van der Waals surface area contributed by atoms with Gasteiger partial charge >= 0.3 is 179 Å². The number of benzene rings is 2. The van der Waals surface area contributed by atoms with Gasteiger partial charge in [-0.3, -0.25) is 0 Å². The van der Waals surface area contributed by atoms with Crippen molar-refractivity contribution in [1.29, 1.82) is 0 Å². The number of hydrogen-bond donors (Lipinski definition) is 0. The molecule has 1 fully saturated rings. The van der Waals surface area contributed by atoms with Gasteiger partial charge < -0.3 is 0 Å². The van der Waals surface area contributed by atoms with Crippen LogP contribution in [0.25, 0.3) is 0 Å². The Kier molecular flexibility index (Phi) is 6.04. The number of Topliss-reactive ketones (excluding diaryl/α,β-unsaturated/α-hetero) is 1. The summed E-state index contributed by atoms with van der Waals surface area (Å²) in [5.41, 5.74) is 9.43. The molecule has 0 bridgehead atoms. The van der Waals surface area contributed by atoms with Crippen LogP contribution in [0.5, 0.6) is 0 Å². The number of likely N-dealkylation sites (tertiary alicyclic amines) is 1. The number of ketones is 1. The van der Waals surface area contributed by atoms with E-state index in [1.807, 2.05) is 0 Å². The van der Waals surface area contributed by atoms with E-state index >= 15 is 0 Å². The van der Waals surface area contributed by atoms with Gasteiger partial charge in [-0.25, -0.2) is 0 Å². The molecule has 29 heavy (non-hydrogen) atoms. The molecule has 0 aromatic heterocycles. The molecule has 2 aromatic carbocycles. The van der Waals surface area contributed by atoms with Gasteiger partial charge in [0.2, 0.25) is 0 Å². The van der Waals surface area contributed by atoms with Crippen LogP contribution < -0.4 is 0 Å². The van der Waals surface area contributed by atoms with E-state index in [2.05, 4.69) is 100 Å². The zero-order chi connectivity index (χ0) is 20.3. The standard InChI is InChI=1S/C26H28AsNO/c1-27(2)19-21-13-15-24(16-14-21)26(22-9-5-3-6-10-22,23-11-7-4-8-12-23)28-18-17-25(29)20-28/h3-13,15-16,19H,14,17-18,20H2,1-2H3. The number of carbonyl (C=O) groups excluding carboxylic acids is 1. The predicted molar refractivity (Wildman–Crippen MR) is 122 cm³/mol. The van der Waals surface area contributed by atoms with Crippen molar-refractivity contribution in [2.24, 2.45) is 0 Å². The Morgan fingerprint density at radius 3 is 2.00 bits per heavy atom. The van der Waals surface area contributed by atoms with E-state index in [-0.39, 0.29) is 0 Å². The van der Waals surface area contributed by atoms with Gasteiger partial charge in [0, 0.05) is 0 Å². The van der Waals surface area contributed by atoms with Crippen molar-refractivity contribution >= 4 is 20.4 Å². The summed E-state index contributed by atoms with van der Waals surface area (Å²) in [6.45, 7) is 1.28. The molecule has 2 aliphatic rings. The first-order valence-electron chi connectivity index (χ1n) is 10.2. The van der Waals surface area contributed by atoms with E-state index in [0.717, 1.165) is 13.0 Å². The molecule has 0 N–H and O–H groups in total. The van der Waals surface area contributed by atoms with Crippen molar-refractivity contribution < 1.29 is 4.79 Å². The zero-order valence-electron chi connectivity index (χ0n) is 17.2. The molecule has 0 saturated carbocycles. The maximum atomic E-state index is 12.3. The molecule has 2 aromatic rings. The van der Waals surface area contributed by atoms with Crippen LogP contribution in [0.3, 0.4) is 0 Å². The predicted octanol–water partition coefficient (Wildman–Crippen LogP) is 5.31. The summed E-state index contributed by atoms with van der Waals surface area (Å²) in [5, 5.41) is 0. The van der Waals surface area contributed by atoms with Gasteiger partial charge in [0.15, 0.2) is 0 Å². The zero-order valence-corrected chi connectivity index (χ0v) is 19.1. The fourth-order valence-electron chi connectivity index (χ4n) is 4.58. The Bertz CT molecular complexity index is 917. The maximum absolute atomic E-state index is 12.3. The van der Waals surface area contributed by atoms with E-state index in [9.17, 15) is 4.79 Å². The molecule has 1 aliphatic carbocycles. The number of hydrogen-bond acceptors (Lipinski definition) is 2. The van der Waals surface area contributed by atoms with Crippen LogP contribution >= 0.6 is 0 Å². The average Bonchev–Trinajstić information content (AvgIpc) is 3.17. The normalized spacial score (nSPS) is 19.2. The summed E-state index contributed by atoms with van der Waals surface area (Å²) in [6.07, 6.45) is 8.55. The van der Waals surface area contributed by atoms with Gasteiger partial charge in [-0.2, -0.15) is 0 Å².